The molecule has 6 heteroatoms. The second kappa shape index (κ2) is 10.1. The predicted molar refractivity (Wildman–Crippen MR) is 113 cm³/mol. The fourth-order valence-corrected chi connectivity index (χ4v) is 3.52. The quantitative estimate of drug-likeness (QED) is 0.723. The van der Waals surface area contributed by atoms with E-state index in [1.54, 1.807) is 13.2 Å². The van der Waals surface area contributed by atoms with Crippen LogP contribution in [0.25, 0.3) is 0 Å². The van der Waals surface area contributed by atoms with Gasteiger partial charge in [-0.15, -0.1) is 0 Å². The predicted octanol–water partition coefficient (Wildman–Crippen LogP) is 2.50. The summed E-state index contributed by atoms with van der Waals surface area (Å²) >= 11 is 0. The average Bonchev–Trinajstić information content (AvgIpc) is 2.78. The Morgan fingerprint density at radius 2 is 1.72 bits per heavy atom. The Bertz CT molecular complexity index is 817. The Hall–Kier alpha value is -2.86. The van der Waals surface area contributed by atoms with E-state index >= 15 is 0 Å². The molecule has 29 heavy (non-hydrogen) atoms. The van der Waals surface area contributed by atoms with Gasteiger partial charge in [-0.3, -0.25) is 14.5 Å². The summed E-state index contributed by atoms with van der Waals surface area (Å²) in [7, 11) is 1.59. The topological polar surface area (TPSA) is 53.1 Å². The Kier molecular flexibility index (Phi) is 7.25. The molecule has 1 heterocycles. The zero-order valence-electron chi connectivity index (χ0n) is 17.2. The molecule has 1 aliphatic heterocycles. The number of methoxy groups -OCH3 is 1. The fourth-order valence-electron chi connectivity index (χ4n) is 3.52. The summed E-state index contributed by atoms with van der Waals surface area (Å²) in [6.45, 7) is 6.34. The van der Waals surface area contributed by atoms with E-state index in [2.05, 4.69) is 4.90 Å². The van der Waals surface area contributed by atoms with Crippen molar-refractivity contribution in [2.45, 2.75) is 13.5 Å². The summed E-state index contributed by atoms with van der Waals surface area (Å²) in [5.41, 5.74) is 1.77. The molecule has 2 aromatic carbocycles. The zero-order chi connectivity index (χ0) is 20.6. The summed E-state index contributed by atoms with van der Waals surface area (Å²) in [6, 6.07) is 17.3. The standard InChI is InChI=1S/C23H29N3O3/c1-3-25(17-19-8-5-4-6-9-19)22(27)18-24-12-14-26(15-13-24)23(28)20-10-7-11-21(16-20)29-2/h4-11,16H,3,12-15,17-18H2,1-2H3. The summed E-state index contributed by atoms with van der Waals surface area (Å²) in [5.74, 6) is 0.816. The molecule has 3 rings (SSSR count). The summed E-state index contributed by atoms with van der Waals surface area (Å²) < 4.78 is 5.21. The third-order valence-electron chi connectivity index (χ3n) is 5.29. The number of piperazine rings is 1. The van der Waals surface area contributed by atoms with Crippen molar-refractivity contribution < 1.29 is 14.3 Å². The van der Waals surface area contributed by atoms with Crippen LogP contribution in [0, 0.1) is 0 Å². The molecule has 0 N–H and O–H groups in total. The molecule has 2 aromatic rings. The lowest BCUT2D eigenvalue weighted by Gasteiger charge is -2.35. The molecule has 0 aliphatic carbocycles. The molecule has 0 radical (unpaired) electrons. The lowest BCUT2D eigenvalue weighted by Crippen LogP contribution is -2.51. The minimum atomic E-state index is 0.00846. The molecule has 0 aromatic heterocycles. The monoisotopic (exact) mass is 395 g/mol. The van der Waals surface area contributed by atoms with Gasteiger partial charge < -0.3 is 14.5 Å². The van der Waals surface area contributed by atoms with Gasteiger partial charge in [0.05, 0.1) is 13.7 Å². The lowest BCUT2D eigenvalue weighted by molar-refractivity contribution is -0.133. The first kappa shape index (κ1) is 20.9. The maximum Gasteiger partial charge on any atom is 0.254 e. The lowest BCUT2D eigenvalue weighted by atomic mass is 10.1. The van der Waals surface area contributed by atoms with Crippen LogP contribution < -0.4 is 4.74 Å². The minimum absolute atomic E-state index is 0.00846. The second-order valence-electron chi connectivity index (χ2n) is 7.19. The van der Waals surface area contributed by atoms with Gasteiger partial charge in [-0.05, 0) is 30.7 Å². The molecular formula is C23H29N3O3. The molecule has 0 spiro atoms. The number of hydrogen-bond acceptors (Lipinski definition) is 4. The van der Waals surface area contributed by atoms with E-state index in [1.165, 1.54) is 0 Å². The SMILES string of the molecule is CCN(Cc1ccccc1)C(=O)CN1CCN(C(=O)c2cccc(OC)c2)CC1. The number of carbonyl (C=O) groups is 2. The van der Waals surface area contributed by atoms with Crippen LogP contribution in [-0.4, -0.2) is 72.9 Å². The third-order valence-corrected chi connectivity index (χ3v) is 5.29. The smallest absolute Gasteiger partial charge is 0.254 e. The molecule has 0 unspecified atom stereocenters. The molecular weight excluding hydrogens is 366 g/mol. The normalized spacial score (nSPS) is 14.5. The first-order valence-electron chi connectivity index (χ1n) is 10.1. The van der Waals surface area contributed by atoms with Crippen LogP contribution in [-0.2, 0) is 11.3 Å². The highest BCUT2D eigenvalue weighted by atomic mass is 16.5. The summed E-state index contributed by atoms with van der Waals surface area (Å²) in [4.78, 5) is 31.3. The van der Waals surface area contributed by atoms with Gasteiger partial charge in [-0.2, -0.15) is 0 Å². The molecule has 2 amide bonds. The van der Waals surface area contributed by atoms with Gasteiger partial charge >= 0.3 is 0 Å². The van der Waals surface area contributed by atoms with Crippen molar-refractivity contribution >= 4 is 11.8 Å². The van der Waals surface area contributed by atoms with E-state index in [0.717, 1.165) is 5.56 Å². The van der Waals surface area contributed by atoms with Crippen molar-refractivity contribution in [1.29, 1.82) is 0 Å². The number of rotatable bonds is 7. The van der Waals surface area contributed by atoms with E-state index < -0.39 is 0 Å². The van der Waals surface area contributed by atoms with Gasteiger partial charge in [0.2, 0.25) is 5.91 Å². The van der Waals surface area contributed by atoms with Crippen LogP contribution >= 0.6 is 0 Å². The van der Waals surface area contributed by atoms with E-state index in [1.807, 2.05) is 65.3 Å². The van der Waals surface area contributed by atoms with Crippen molar-refractivity contribution in [3.63, 3.8) is 0 Å². The molecule has 0 saturated carbocycles. The third kappa shape index (κ3) is 5.57. The van der Waals surface area contributed by atoms with E-state index in [9.17, 15) is 9.59 Å². The number of carbonyl (C=O) groups excluding carboxylic acids is 2. The Morgan fingerprint density at radius 3 is 2.38 bits per heavy atom. The highest BCUT2D eigenvalue weighted by molar-refractivity contribution is 5.94. The van der Waals surface area contributed by atoms with Crippen LogP contribution in [0.5, 0.6) is 5.75 Å². The van der Waals surface area contributed by atoms with Crippen LogP contribution in [0.15, 0.2) is 54.6 Å². The molecule has 154 valence electrons. The number of likely N-dealkylation sites (N-methyl/N-ethyl adjacent to an activating group) is 1. The highest BCUT2D eigenvalue weighted by Gasteiger charge is 2.24. The van der Waals surface area contributed by atoms with E-state index in [0.29, 0.717) is 57.1 Å². The molecule has 1 fully saturated rings. The van der Waals surface area contributed by atoms with Gasteiger partial charge in [-0.25, -0.2) is 0 Å². The van der Waals surface area contributed by atoms with Crippen molar-refractivity contribution in [2.24, 2.45) is 0 Å². The zero-order valence-corrected chi connectivity index (χ0v) is 17.2. The number of benzene rings is 2. The molecule has 1 saturated heterocycles. The molecule has 0 atom stereocenters. The van der Waals surface area contributed by atoms with Gasteiger partial charge in [0.1, 0.15) is 5.75 Å². The van der Waals surface area contributed by atoms with Gasteiger partial charge in [-0.1, -0.05) is 36.4 Å². The number of hydrogen-bond donors (Lipinski definition) is 0. The van der Waals surface area contributed by atoms with E-state index in [-0.39, 0.29) is 11.8 Å². The van der Waals surface area contributed by atoms with Gasteiger partial charge in [0.15, 0.2) is 0 Å². The molecule has 1 aliphatic rings. The Morgan fingerprint density at radius 1 is 1.00 bits per heavy atom. The first-order chi connectivity index (χ1) is 14.1. The number of nitrogens with zero attached hydrogens (tertiary/aromatic N) is 3. The maximum absolute atomic E-state index is 12.7. The van der Waals surface area contributed by atoms with Crippen LogP contribution in [0.3, 0.4) is 0 Å². The van der Waals surface area contributed by atoms with Gasteiger partial charge in [0, 0.05) is 44.8 Å². The van der Waals surface area contributed by atoms with Crippen LogP contribution in [0.4, 0.5) is 0 Å². The van der Waals surface area contributed by atoms with Crippen molar-refractivity contribution in [3.05, 3.63) is 65.7 Å². The fraction of sp³-hybridized carbons (Fsp3) is 0.391. The number of amides is 2. The summed E-state index contributed by atoms with van der Waals surface area (Å²) in [5, 5.41) is 0. The molecule has 0 bridgehead atoms. The Balaban J connectivity index is 1.50. The minimum Gasteiger partial charge on any atom is -0.497 e. The Labute approximate surface area is 172 Å². The van der Waals surface area contributed by atoms with Crippen LogP contribution in [0.2, 0.25) is 0 Å². The summed E-state index contributed by atoms with van der Waals surface area (Å²) in [6.07, 6.45) is 0. The largest absolute Gasteiger partial charge is 0.497 e. The molecule has 6 nitrogen and oxygen atoms in total. The second-order valence-corrected chi connectivity index (χ2v) is 7.19. The van der Waals surface area contributed by atoms with Crippen molar-refractivity contribution in [2.75, 3.05) is 46.4 Å². The van der Waals surface area contributed by atoms with E-state index in [4.69, 9.17) is 4.74 Å². The number of ether oxygens (including phenoxy) is 1. The van der Waals surface area contributed by atoms with Crippen molar-refractivity contribution in [1.82, 2.24) is 14.7 Å². The van der Waals surface area contributed by atoms with Gasteiger partial charge in [0.25, 0.3) is 5.91 Å². The first-order valence-corrected chi connectivity index (χ1v) is 10.1. The highest BCUT2D eigenvalue weighted by Crippen LogP contribution is 2.16. The van der Waals surface area contributed by atoms with Crippen molar-refractivity contribution in [3.8, 4) is 5.75 Å². The van der Waals surface area contributed by atoms with Crippen LogP contribution in [0.1, 0.15) is 22.8 Å². The maximum atomic E-state index is 12.7. The average molecular weight is 396 g/mol.